The smallest absolute Gasteiger partial charge is 0.255 e. The first-order valence-electron chi connectivity index (χ1n) is 8.89. The Labute approximate surface area is 152 Å². The molecule has 134 valence electrons. The molecule has 26 heavy (non-hydrogen) atoms. The van der Waals surface area contributed by atoms with Gasteiger partial charge in [-0.2, -0.15) is 0 Å². The lowest BCUT2D eigenvalue weighted by molar-refractivity contribution is 0.0952. The van der Waals surface area contributed by atoms with E-state index in [4.69, 9.17) is 4.42 Å². The molecule has 0 spiro atoms. The largest absolute Gasteiger partial charge is 0.455 e. The standard InChI is InChI=1S/C22H23NO3/c1-14(2)12-13-23-22(25)18-11-7-10-17-19(24)15(3)20(26-21(17)18)16-8-5-4-6-9-16/h4-11,14H,12-13H2,1-3H3,(H,23,25). The Morgan fingerprint density at radius 1 is 1.08 bits per heavy atom. The molecule has 0 aliphatic heterocycles. The van der Waals surface area contributed by atoms with Crippen LogP contribution in [0.25, 0.3) is 22.3 Å². The highest BCUT2D eigenvalue weighted by atomic mass is 16.3. The number of nitrogens with one attached hydrogen (secondary N) is 1. The summed E-state index contributed by atoms with van der Waals surface area (Å²) >= 11 is 0. The lowest BCUT2D eigenvalue weighted by atomic mass is 10.0. The van der Waals surface area contributed by atoms with Crippen molar-refractivity contribution < 1.29 is 9.21 Å². The summed E-state index contributed by atoms with van der Waals surface area (Å²) in [6.45, 7) is 6.56. The Morgan fingerprint density at radius 2 is 1.81 bits per heavy atom. The van der Waals surface area contributed by atoms with E-state index in [1.165, 1.54) is 0 Å². The zero-order valence-electron chi connectivity index (χ0n) is 15.3. The third kappa shape index (κ3) is 3.54. The number of carbonyl (C=O) groups is 1. The number of para-hydroxylation sites is 1. The monoisotopic (exact) mass is 349 g/mol. The zero-order valence-corrected chi connectivity index (χ0v) is 15.3. The molecule has 2 aromatic carbocycles. The van der Waals surface area contributed by atoms with Crippen molar-refractivity contribution in [3.05, 3.63) is 69.9 Å². The second-order valence-corrected chi connectivity index (χ2v) is 6.87. The van der Waals surface area contributed by atoms with Gasteiger partial charge in [-0.15, -0.1) is 0 Å². The van der Waals surface area contributed by atoms with E-state index in [1.807, 2.05) is 30.3 Å². The van der Waals surface area contributed by atoms with Crippen LogP contribution >= 0.6 is 0 Å². The van der Waals surface area contributed by atoms with Crippen LogP contribution in [0.2, 0.25) is 0 Å². The third-order valence-corrected chi connectivity index (χ3v) is 4.43. The SMILES string of the molecule is Cc1c(-c2ccccc2)oc2c(C(=O)NCCC(C)C)cccc2c1=O. The highest BCUT2D eigenvalue weighted by Gasteiger charge is 2.18. The molecular weight excluding hydrogens is 326 g/mol. The molecule has 0 unspecified atom stereocenters. The minimum Gasteiger partial charge on any atom is -0.455 e. The van der Waals surface area contributed by atoms with Crippen LogP contribution in [-0.2, 0) is 0 Å². The number of amides is 1. The zero-order chi connectivity index (χ0) is 18.7. The number of benzene rings is 2. The molecule has 1 amide bonds. The molecule has 3 rings (SSSR count). The van der Waals surface area contributed by atoms with Crippen molar-refractivity contribution in [3.63, 3.8) is 0 Å². The Kier molecular flexibility index (Phi) is 5.21. The molecule has 0 fully saturated rings. The van der Waals surface area contributed by atoms with Gasteiger partial charge in [0.2, 0.25) is 0 Å². The molecule has 1 N–H and O–H groups in total. The first-order chi connectivity index (χ1) is 12.5. The highest BCUT2D eigenvalue weighted by molar-refractivity contribution is 6.05. The molecule has 4 nitrogen and oxygen atoms in total. The van der Waals surface area contributed by atoms with Gasteiger partial charge in [-0.25, -0.2) is 0 Å². The summed E-state index contributed by atoms with van der Waals surface area (Å²) in [6.07, 6.45) is 0.898. The topological polar surface area (TPSA) is 59.3 Å². The van der Waals surface area contributed by atoms with E-state index in [-0.39, 0.29) is 11.3 Å². The Morgan fingerprint density at radius 3 is 2.50 bits per heavy atom. The summed E-state index contributed by atoms with van der Waals surface area (Å²) in [5.41, 5.74) is 1.98. The first-order valence-corrected chi connectivity index (χ1v) is 8.89. The molecule has 0 aliphatic carbocycles. The summed E-state index contributed by atoms with van der Waals surface area (Å²) in [6, 6.07) is 14.6. The van der Waals surface area contributed by atoms with Crippen molar-refractivity contribution in [2.75, 3.05) is 6.54 Å². The van der Waals surface area contributed by atoms with Crippen molar-refractivity contribution in [2.45, 2.75) is 27.2 Å². The van der Waals surface area contributed by atoms with Crippen LogP contribution in [0.15, 0.2) is 57.7 Å². The third-order valence-electron chi connectivity index (χ3n) is 4.43. The molecule has 0 atom stereocenters. The van der Waals surface area contributed by atoms with Gasteiger partial charge in [-0.05, 0) is 31.4 Å². The summed E-state index contributed by atoms with van der Waals surface area (Å²) in [5.74, 6) is 0.792. The Balaban J connectivity index is 2.10. The average molecular weight is 349 g/mol. The van der Waals surface area contributed by atoms with Gasteiger partial charge >= 0.3 is 0 Å². The fourth-order valence-electron chi connectivity index (χ4n) is 2.92. The normalized spacial score (nSPS) is 11.1. The van der Waals surface area contributed by atoms with Crippen LogP contribution in [0.3, 0.4) is 0 Å². The molecule has 0 aliphatic rings. The van der Waals surface area contributed by atoms with Crippen molar-refractivity contribution >= 4 is 16.9 Å². The number of rotatable bonds is 5. The summed E-state index contributed by atoms with van der Waals surface area (Å²) in [4.78, 5) is 25.4. The van der Waals surface area contributed by atoms with E-state index in [2.05, 4.69) is 19.2 Å². The van der Waals surface area contributed by atoms with Gasteiger partial charge in [0.1, 0.15) is 5.76 Å². The number of hydrogen-bond acceptors (Lipinski definition) is 3. The highest BCUT2D eigenvalue weighted by Crippen LogP contribution is 2.27. The number of carbonyl (C=O) groups excluding carboxylic acids is 1. The maximum atomic E-state index is 12.8. The maximum absolute atomic E-state index is 12.8. The molecule has 3 aromatic rings. The van der Waals surface area contributed by atoms with Crippen LogP contribution in [0.4, 0.5) is 0 Å². The van der Waals surface area contributed by atoms with E-state index in [9.17, 15) is 9.59 Å². The van der Waals surface area contributed by atoms with Crippen LogP contribution in [-0.4, -0.2) is 12.5 Å². The van der Waals surface area contributed by atoms with Crippen LogP contribution in [0, 0.1) is 12.8 Å². The Bertz CT molecular complexity index is 987. The summed E-state index contributed by atoms with van der Waals surface area (Å²) in [5, 5.41) is 3.34. The van der Waals surface area contributed by atoms with Gasteiger partial charge in [0.05, 0.1) is 10.9 Å². The average Bonchev–Trinajstić information content (AvgIpc) is 2.64. The predicted octanol–water partition coefficient (Wildman–Crippen LogP) is 4.54. The van der Waals surface area contributed by atoms with Crippen LogP contribution in [0.1, 0.15) is 36.2 Å². The Hall–Kier alpha value is -2.88. The molecule has 0 saturated carbocycles. The van der Waals surface area contributed by atoms with Crippen molar-refractivity contribution in [3.8, 4) is 11.3 Å². The summed E-state index contributed by atoms with van der Waals surface area (Å²) in [7, 11) is 0. The minimum atomic E-state index is -0.220. The van der Waals surface area contributed by atoms with Gasteiger partial charge in [0.25, 0.3) is 5.91 Å². The second-order valence-electron chi connectivity index (χ2n) is 6.87. The van der Waals surface area contributed by atoms with Crippen molar-refractivity contribution in [1.29, 1.82) is 0 Å². The predicted molar refractivity (Wildman–Crippen MR) is 104 cm³/mol. The van der Waals surface area contributed by atoms with Gasteiger partial charge in [0, 0.05) is 17.7 Å². The van der Waals surface area contributed by atoms with Crippen molar-refractivity contribution in [2.24, 2.45) is 5.92 Å². The van der Waals surface area contributed by atoms with Gasteiger partial charge < -0.3 is 9.73 Å². The van der Waals surface area contributed by atoms with E-state index in [0.717, 1.165) is 12.0 Å². The molecule has 4 heteroatoms. The lowest BCUT2D eigenvalue weighted by Crippen LogP contribution is -2.25. The molecule has 0 bridgehead atoms. The van der Waals surface area contributed by atoms with E-state index >= 15 is 0 Å². The minimum absolute atomic E-state index is 0.109. The maximum Gasteiger partial charge on any atom is 0.255 e. The number of hydrogen-bond donors (Lipinski definition) is 1. The second kappa shape index (κ2) is 7.56. The fraction of sp³-hybridized carbons (Fsp3) is 0.273. The fourth-order valence-corrected chi connectivity index (χ4v) is 2.92. The van der Waals surface area contributed by atoms with E-state index in [1.54, 1.807) is 25.1 Å². The molecular formula is C22H23NO3. The molecule has 1 heterocycles. The van der Waals surface area contributed by atoms with Gasteiger partial charge in [-0.1, -0.05) is 50.2 Å². The lowest BCUT2D eigenvalue weighted by Gasteiger charge is -2.11. The van der Waals surface area contributed by atoms with Gasteiger partial charge in [0.15, 0.2) is 11.0 Å². The molecule has 0 radical (unpaired) electrons. The van der Waals surface area contributed by atoms with Crippen LogP contribution < -0.4 is 10.7 Å². The van der Waals surface area contributed by atoms with E-state index < -0.39 is 0 Å². The quantitative estimate of drug-likeness (QED) is 0.735. The first kappa shape index (κ1) is 17.9. The van der Waals surface area contributed by atoms with Gasteiger partial charge in [-0.3, -0.25) is 9.59 Å². The van der Waals surface area contributed by atoms with Crippen LogP contribution in [0.5, 0.6) is 0 Å². The van der Waals surface area contributed by atoms with E-state index in [0.29, 0.717) is 40.3 Å². The number of fused-ring (bicyclic) bond motifs is 1. The molecule has 0 saturated heterocycles. The van der Waals surface area contributed by atoms with Crippen molar-refractivity contribution in [1.82, 2.24) is 5.32 Å². The molecule has 1 aromatic heterocycles. The summed E-state index contributed by atoms with van der Waals surface area (Å²) < 4.78 is 6.08.